The van der Waals surface area contributed by atoms with Crippen LogP contribution in [0.3, 0.4) is 0 Å². The quantitative estimate of drug-likeness (QED) is 0.690. The van der Waals surface area contributed by atoms with E-state index in [2.05, 4.69) is 26.0 Å². The lowest BCUT2D eigenvalue weighted by Crippen LogP contribution is -2.30. The van der Waals surface area contributed by atoms with Crippen LogP contribution in [-0.4, -0.2) is 10.7 Å². The molecule has 0 aliphatic heterocycles. The van der Waals surface area contributed by atoms with Crippen LogP contribution in [0.4, 0.5) is 0 Å². The topological polar surface area (TPSA) is 20.2 Å². The van der Waals surface area contributed by atoms with Gasteiger partial charge in [-0.15, -0.1) is 0 Å². The fourth-order valence-corrected chi connectivity index (χ4v) is 2.07. The average Bonchev–Trinajstić information content (AvgIpc) is 2.31. The summed E-state index contributed by atoms with van der Waals surface area (Å²) in [4.78, 5) is 0. The van der Waals surface area contributed by atoms with Crippen molar-refractivity contribution in [2.45, 2.75) is 58.0 Å². The Balaban J connectivity index is 2.52. The molecule has 0 spiro atoms. The van der Waals surface area contributed by atoms with Crippen molar-refractivity contribution in [2.75, 3.05) is 0 Å². The second kappa shape index (κ2) is 6.70. The highest BCUT2D eigenvalue weighted by molar-refractivity contribution is 5.16. The van der Waals surface area contributed by atoms with Gasteiger partial charge in [-0.1, -0.05) is 63.4 Å². The lowest BCUT2D eigenvalue weighted by Gasteiger charge is -2.27. The Morgan fingerprint density at radius 3 is 2.31 bits per heavy atom. The SMILES string of the molecule is CCCCCC(O)(CC)Cc1ccccc1. The van der Waals surface area contributed by atoms with Crippen LogP contribution >= 0.6 is 0 Å². The van der Waals surface area contributed by atoms with Gasteiger partial charge in [-0.05, 0) is 18.4 Å². The molecule has 1 aromatic carbocycles. The van der Waals surface area contributed by atoms with Gasteiger partial charge in [0.1, 0.15) is 0 Å². The predicted molar refractivity (Wildman–Crippen MR) is 69.5 cm³/mol. The number of hydrogen-bond acceptors (Lipinski definition) is 1. The zero-order chi connectivity index (χ0) is 11.9. The predicted octanol–water partition coefficient (Wildman–Crippen LogP) is 3.95. The molecule has 1 heteroatoms. The van der Waals surface area contributed by atoms with Gasteiger partial charge >= 0.3 is 0 Å². The molecule has 1 rings (SSSR count). The fraction of sp³-hybridized carbons (Fsp3) is 0.600. The Bertz CT molecular complexity index is 281. The van der Waals surface area contributed by atoms with Crippen LogP contribution < -0.4 is 0 Å². The maximum Gasteiger partial charge on any atom is 0.0685 e. The largest absolute Gasteiger partial charge is 0.390 e. The Morgan fingerprint density at radius 1 is 1.06 bits per heavy atom. The molecule has 0 amide bonds. The third kappa shape index (κ3) is 4.36. The molecule has 0 saturated heterocycles. The fourth-order valence-electron chi connectivity index (χ4n) is 2.07. The third-order valence-corrected chi connectivity index (χ3v) is 3.28. The van der Waals surface area contributed by atoms with Gasteiger partial charge in [-0.3, -0.25) is 0 Å². The normalized spacial score (nSPS) is 14.7. The summed E-state index contributed by atoms with van der Waals surface area (Å²) in [5, 5.41) is 10.5. The van der Waals surface area contributed by atoms with Gasteiger partial charge in [0.2, 0.25) is 0 Å². The highest BCUT2D eigenvalue weighted by Gasteiger charge is 2.24. The first-order chi connectivity index (χ1) is 7.70. The van der Waals surface area contributed by atoms with Crippen LogP contribution in [0.5, 0.6) is 0 Å². The summed E-state index contributed by atoms with van der Waals surface area (Å²) in [5.41, 5.74) is 0.736. The first-order valence-corrected chi connectivity index (χ1v) is 6.46. The van der Waals surface area contributed by atoms with Crippen molar-refractivity contribution in [1.29, 1.82) is 0 Å². The molecule has 0 heterocycles. The van der Waals surface area contributed by atoms with Crippen LogP contribution in [-0.2, 0) is 6.42 Å². The summed E-state index contributed by atoms with van der Waals surface area (Å²) < 4.78 is 0. The highest BCUT2D eigenvalue weighted by atomic mass is 16.3. The molecule has 0 fully saturated rings. The molecule has 0 bridgehead atoms. The lowest BCUT2D eigenvalue weighted by atomic mass is 9.87. The van der Waals surface area contributed by atoms with E-state index in [1.54, 1.807) is 0 Å². The van der Waals surface area contributed by atoms with E-state index in [-0.39, 0.29) is 0 Å². The van der Waals surface area contributed by atoms with Gasteiger partial charge in [-0.2, -0.15) is 0 Å². The molecule has 0 aliphatic carbocycles. The second-order valence-electron chi connectivity index (χ2n) is 4.70. The monoisotopic (exact) mass is 220 g/mol. The molecule has 0 saturated carbocycles. The average molecular weight is 220 g/mol. The van der Waals surface area contributed by atoms with Crippen molar-refractivity contribution in [2.24, 2.45) is 0 Å². The molecule has 1 N–H and O–H groups in total. The minimum Gasteiger partial charge on any atom is -0.390 e. The van der Waals surface area contributed by atoms with Crippen molar-refractivity contribution < 1.29 is 5.11 Å². The standard InChI is InChI=1S/C15H24O/c1-3-5-9-12-15(16,4-2)13-14-10-7-6-8-11-14/h6-8,10-11,16H,3-5,9,12-13H2,1-2H3. The van der Waals surface area contributed by atoms with Crippen molar-refractivity contribution in [3.63, 3.8) is 0 Å². The first kappa shape index (κ1) is 13.2. The molecule has 1 unspecified atom stereocenters. The van der Waals surface area contributed by atoms with E-state index in [1.165, 1.54) is 18.4 Å². The summed E-state index contributed by atoms with van der Waals surface area (Å²) in [7, 11) is 0. The molecule has 16 heavy (non-hydrogen) atoms. The molecular formula is C15H24O. The van der Waals surface area contributed by atoms with Crippen LogP contribution in [0.15, 0.2) is 30.3 Å². The molecule has 1 atom stereocenters. The van der Waals surface area contributed by atoms with E-state index in [4.69, 9.17) is 0 Å². The van der Waals surface area contributed by atoms with Crippen molar-refractivity contribution >= 4 is 0 Å². The third-order valence-electron chi connectivity index (χ3n) is 3.28. The minimum absolute atomic E-state index is 0.503. The van der Waals surface area contributed by atoms with Crippen LogP contribution in [0.2, 0.25) is 0 Å². The molecule has 1 nitrogen and oxygen atoms in total. The summed E-state index contributed by atoms with van der Waals surface area (Å²) >= 11 is 0. The Morgan fingerprint density at radius 2 is 1.75 bits per heavy atom. The molecule has 1 aromatic rings. The molecular weight excluding hydrogens is 196 g/mol. The van der Waals surface area contributed by atoms with Gasteiger partial charge in [-0.25, -0.2) is 0 Å². The zero-order valence-corrected chi connectivity index (χ0v) is 10.6. The minimum atomic E-state index is -0.503. The summed E-state index contributed by atoms with van der Waals surface area (Å²) in [6.45, 7) is 4.27. The molecule has 0 aliphatic rings. The lowest BCUT2D eigenvalue weighted by molar-refractivity contribution is 0.0253. The Labute approximate surface area is 99.5 Å². The maximum atomic E-state index is 10.5. The second-order valence-corrected chi connectivity index (χ2v) is 4.70. The highest BCUT2D eigenvalue weighted by Crippen LogP contribution is 2.23. The molecule has 90 valence electrons. The summed E-state index contributed by atoms with van der Waals surface area (Å²) in [6.07, 6.45) is 6.11. The first-order valence-electron chi connectivity index (χ1n) is 6.46. The van der Waals surface area contributed by atoms with Gasteiger partial charge in [0.05, 0.1) is 5.60 Å². The zero-order valence-electron chi connectivity index (χ0n) is 10.6. The Hall–Kier alpha value is -0.820. The van der Waals surface area contributed by atoms with E-state index >= 15 is 0 Å². The van der Waals surface area contributed by atoms with Gasteiger partial charge in [0, 0.05) is 6.42 Å². The number of rotatable bonds is 7. The van der Waals surface area contributed by atoms with E-state index in [1.807, 2.05) is 18.2 Å². The summed E-state index contributed by atoms with van der Waals surface area (Å²) in [6, 6.07) is 10.3. The van der Waals surface area contributed by atoms with E-state index in [9.17, 15) is 5.11 Å². The van der Waals surface area contributed by atoms with Gasteiger partial charge in [0.15, 0.2) is 0 Å². The Kier molecular flexibility index (Phi) is 5.54. The van der Waals surface area contributed by atoms with Crippen molar-refractivity contribution in [3.8, 4) is 0 Å². The van der Waals surface area contributed by atoms with Crippen LogP contribution in [0, 0.1) is 0 Å². The van der Waals surface area contributed by atoms with E-state index < -0.39 is 5.60 Å². The van der Waals surface area contributed by atoms with E-state index in [0.717, 1.165) is 25.7 Å². The smallest absolute Gasteiger partial charge is 0.0685 e. The molecule has 0 radical (unpaired) electrons. The number of hydrogen-bond donors (Lipinski definition) is 1. The summed E-state index contributed by atoms with van der Waals surface area (Å²) in [5.74, 6) is 0. The number of aliphatic hydroxyl groups is 1. The number of unbranched alkanes of at least 4 members (excludes halogenated alkanes) is 2. The van der Waals surface area contributed by atoms with Crippen molar-refractivity contribution in [1.82, 2.24) is 0 Å². The maximum absolute atomic E-state index is 10.5. The van der Waals surface area contributed by atoms with Crippen LogP contribution in [0.1, 0.15) is 51.5 Å². The van der Waals surface area contributed by atoms with Gasteiger partial charge < -0.3 is 5.11 Å². The van der Waals surface area contributed by atoms with E-state index in [0.29, 0.717) is 0 Å². The van der Waals surface area contributed by atoms with Crippen LogP contribution in [0.25, 0.3) is 0 Å². The van der Waals surface area contributed by atoms with Crippen molar-refractivity contribution in [3.05, 3.63) is 35.9 Å². The van der Waals surface area contributed by atoms with Gasteiger partial charge in [0.25, 0.3) is 0 Å². The number of benzene rings is 1. The molecule has 0 aromatic heterocycles.